The van der Waals surface area contributed by atoms with Gasteiger partial charge in [0, 0.05) is 44.6 Å². The predicted octanol–water partition coefficient (Wildman–Crippen LogP) is 1.07. The summed E-state index contributed by atoms with van der Waals surface area (Å²) in [6, 6.07) is 1.87. The summed E-state index contributed by atoms with van der Waals surface area (Å²) in [5.74, 6) is 1.93. The lowest BCUT2D eigenvalue weighted by Crippen LogP contribution is -2.54. The van der Waals surface area contributed by atoms with Gasteiger partial charge in [-0.05, 0) is 50.0 Å². The molecule has 4 atom stereocenters. The topological polar surface area (TPSA) is 78.4 Å². The lowest BCUT2D eigenvalue weighted by atomic mass is 9.84. The van der Waals surface area contributed by atoms with E-state index in [9.17, 15) is 9.59 Å². The highest BCUT2D eigenvalue weighted by Gasteiger charge is 2.42. The lowest BCUT2D eigenvalue weighted by molar-refractivity contribution is -0.146. The molecule has 0 aromatic carbocycles. The summed E-state index contributed by atoms with van der Waals surface area (Å²) >= 11 is 0. The molecule has 3 fully saturated rings. The molecule has 7 heteroatoms. The standard InChI is InChI=1S/C19H27N5O2/c1-13(16-12-14-3-4-15(16)11-14)22-17(25)18(26)23-7-9-24(10-8-23)19-20-5-2-6-21-19/h2,5-6,13-16H,3-4,7-12H2,1H3,(H,22,25). The van der Waals surface area contributed by atoms with Crippen molar-refractivity contribution in [1.82, 2.24) is 20.2 Å². The fourth-order valence-corrected chi connectivity index (χ4v) is 4.99. The molecule has 2 saturated carbocycles. The van der Waals surface area contributed by atoms with Crippen LogP contribution in [0.4, 0.5) is 5.95 Å². The monoisotopic (exact) mass is 357 g/mol. The van der Waals surface area contributed by atoms with Gasteiger partial charge in [-0.2, -0.15) is 0 Å². The minimum absolute atomic E-state index is 0.0840. The lowest BCUT2D eigenvalue weighted by Gasteiger charge is -2.35. The normalized spacial score (nSPS) is 28.9. The minimum Gasteiger partial charge on any atom is -0.345 e. The van der Waals surface area contributed by atoms with Crippen LogP contribution in [0.1, 0.15) is 32.6 Å². The molecule has 7 nitrogen and oxygen atoms in total. The van der Waals surface area contributed by atoms with Crippen molar-refractivity contribution in [3.63, 3.8) is 0 Å². The van der Waals surface area contributed by atoms with Crippen LogP contribution in [-0.2, 0) is 9.59 Å². The molecule has 0 spiro atoms. The Bertz CT molecular complexity index is 659. The van der Waals surface area contributed by atoms with Crippen molar-refractivity contribution in [2.75, 3.05) is 31.1 Å². The zero-order chi connectivity index (χ0) is 18.1. The summed E-state index contributed by atoms with van der Waals surface area (Å²) in [5.41, 5.74) is 0. The van der Waals surface area contributed by atoms with E-state index < -0.39 is 11.8 Å². The summed E-state index contributed by atoms with van der Waals surface area (Å²) in [5, 5.41) is 2.98. The second kappa shape index (κ2) is 7.21. The average molecular weight is 357 g/mol. The van der Waals surface area contributed by atoms with Crippen molar-refractivity contribution in [3.8, 4) is 0 Å². The Kier molecular flexibility index (Phi) is 4.78. The number of fused-ring (bicyclic) bond motifs is 2. The maximum absolute atomic E-state index is 12.5. The first-order chi connectivity index (χ1) is 12.6. The third-order valence-electron chi connectivity index (χ3n) is 6.39. The summed E-state index contributed by atoms with van der Waals surface area (Å²) < 4.78 is 0. The van der Waals surface area contributed by atoms with Gasteiger partial charge in [0.1, 0.15) is 0 Å². The average Bonchev–Trinajstić information content (AvgIpc) is 3.32. The number of hydrogen-bond donors (Lipinski definition) is 1. The van der Waals surface area contributed by atoms with Crippen molar-refractivity contribution in [3.05, 3.63) is 18.5 Å². The molecule has 1 saturated heterocycles. The second-order valence-corrected chi connectivity index (χ2v) is 7.93. The van der Waals surface area contributed by atoms with Gasteiger partial charge in [0.2, 0.25) is 5.95 Å². The number of piperazine rings is 1. The first-order valence-electron chi connectivity index (χ1n) is 9.73. The summed E-state index contributed by atoms with van der Waals surface area (Å²) in [7, 11) is 0. The van der Waals surface area contributed by atoms with Crippen LogP contribution in [0.2, 0.25) is 0 Å². The van der Waals surface area contributed by atoms with Crippen LogP contribution in [0.15, 0.2) is 18.5 Å². The smallest absolute Gasteiger partial charge is 0.312 e. The Balaban J connectivity index is 1.27. The molecular formula is C19H27N5O2. The van der Waals surface area contributed by atoms with Crippen LogP contribution in [0, 0.1) is 17.8 Å². The fourth-order valence-electron chi connectivity index (χ4n) is 4.99. The van der Waals surface area contributed by atoms with Gasteiger partial charge in [0.25, 0.3) is 0 Å². The highest BCUT2D eigenvalue weighted by atomic mass is 16.2. The first kappa shape index (κ1) is 17.2. The molecule has 1 aromatic rings. The van der Waals surface area contributed by atoms with E-state index in [1.54, 1.807) is 23.4 Å². The quantitative estimate of drug-likeness (QED) is 0.819. The maximum Gasteiger partial charge on any atom is 0.312 e. The van der Waals surface area contributed by atoms with Crippen molar-refractivity contribution in [1.29, 1.82) is 0 Å². The number of nitrogens with one attached hydrogen (secondary N) is 1. The molecule has 1 N–H and O–H groups in total. The molecule has 4 unspecified atom stereocenters. The predicted molar refractivity (Wildman–Crippen MR) is 97.4 cm³/mol. The molecule has 140 valence electrons. The zero-order valence-electron chi connectivity index (χ0n) is 15.3. The summed E-state index contributed by atoms with van der Waals surface area (Å²) in [6.45, 7) is 4.39. The number of rotatable bonds is 3. The van der Waals surface area contributed by atoms with Crippen LogP contribution in [0.3, 0.4) is 0 Å². The van der Waals surface area contributed by atoms with Gasteiger partial charge in [-0.3, -0.25) is 9.59 Å². The van der Waals surface area contributed by atoms with Gasteiger partial charge >= 0.3 is 11.8 Å². The summed E-state index contributed by atoms with van der Waals surface area (Å²) in [4.78, 5) is 37.1. The minimum atomic E-state index is -0.454. The Morgan fingerprint density at radius 1 is 1.12 bits per heavy atom. The molecule has 2 bridgehead atoms. The van der Waals surface area contributed by atoms with Gasteiger partial charge in [0.15, 0.2) is 0 Å². The first-order valence-corrected chi connectivity index (χ1v) is 9.73. The third kappa shape index (κ3) is 3.39. The highest BCUT2D eigenvalue weighted by Crippen LogP contribution is 2.49. The molecule has 1 aromatic heterocycles. The highest BCUT2D eigenvalue weighted by molar-refractivity contribution is 6.35. The summed E-state index contributed by atoms with van der Waals surface area (Å²) in [6.07, 6.45) is 8.57. The number of amides is 2. The molecule has 2 amide bonds. The second-order valence-electron chi connectivity index (χ2n) is 7.93. The number of aromatic nitrogens is 2. The number of carbonyl (C=O) groups is 2. The molecule has 1 aliphatic heterocycles. The number of hydrogen-bond acceptors (Lipinski definition) is 5. The van der Waals surface area contributed by atoms with Crippen LogP contribution in [0.25, 0.3) is 0 Å². The van der Waals surface area contributed by atoms with E-state index in [-0.39, 0.29) is 6.04 Å². The number of nitrogens with zero attached hydrogens (tertiary/aromatic N) is 4. The van der Waals surface area contributed by atoms with Crippen LogP contribution in [-0.4, -0.2) is 58.9 Å². The van der Waals surface area contributed by atoms with Crippen LogP contribution in [0.5, 0.6) is 0 Å². The Labute approximate surface area is 154 Å². The van der Waals surface area contributed by atoms with Crippen molar-refractivity contribution in [2.45, 2.75) is 38.6 Å². The van der Waals surface area contributed by atoms with Crippen molar-refractivity contribution >= 4 is 17.8 Å². The maximum atomic E-state index is 12.5. The van der Waals surface area contributed by atoms with Gasteiger partial charge in [0.05, 0.1) is 0 Å². The third-order valence-corrected chi connectivity index (χ3v) is 6.39. The van der Waals surface area contributed by atoms with Crippen molar-refractivity contribution in [2.24, 2.45) is 17.8 Å². The molecule has 2 heterocycles. The van der Waals surface area contributed by atoms with Gasteiger partial charge in [-0.1, -0.05) is 6.42 Å². The SMILES string of the molecule is CC(NC(=O)C(=O)N1CCN(c2ncccn2)CC1)C1CC2CCC1C2. The Morgan fingerprint density at radius 2 is 1.85 bits per heavy atom. The van der Waals surface area contributed by atoms with E-state index in [1.165, 1.54) is 25.7 Å². The van der Waals surface area contributed by atoms with Crippen LogP contribution < -0.4 is 10.2 Å². The molecule has 0 radical (unpaired) electrons. The van der Waals surface area contributed by atoms with Crippen LogP contribution >= 0.6 is 0 Å². The van der Waals surface area contributed by atoms with E-state index in [1.807, 2.05) is 4.90 Å². The molecule has 2 aliphatic carbocycles. The largest absolute Gasteiger partial charge is 0.345 e. The van der Waals surface area contributed by atoms with Crippen molar-refractivity contribution < 1.29 is 9.59 Å². The zero-order valence-corrected chi connectivity index (χ0v) is 15.3. The van der Waals surface area contributed by atoms with E-state index >= 15 is 0 Å². The Hall–Kier alpha value is -2.18. The van der Waals surface area contributed by atoms with Gasteiger partial charge in [-0.15, -0.1) is 0 Å². The Morgan fingerprint density at radius 3 is 2.46 bits per heavy atom. The van der Waals surface area contributed by atoms with Gasteiger partial charge in [-0.25, -0.2) is 9.97 Å². The van der Waals surface area contributed by atoms with Gasteiger partial charge < -0.3 is 15.1 Å². The number of anilines is 1. The molecule has 3 aliphatic rings. The molecular weight excluding hydrogens is 330 g/mol. The van der Waals surface area contributed by atoms with E-state index in [0.717, 1.165) is 11.8 Å². The van der Waals surface area contributed by atoms with E-state index in [0.29, 0.717) is 38.0 Å². The number of carbonyl (C=O) groups excluding carboxylic acids is 2. The fraction of sp³-hybridized carbons (Fsp3) is 0.684. The molecule has 4 rings (SSSR count). The van der Waals surface area contributed by atoms with E-state index in [4.69, 9.17) is 0 Å². The van der Waals surface area contributed by atoms with E-state index in [2.05, 4.69) is 22.2 Å². The molecule has 26 heavy (non-hydrogen) atoms.